The summed E-state index contributed by atoms with van der Waals surface area (Å²) < 4.78 is 10.6. The molecule has 1 aliphatic rings. The summed E-state index contributed by atoms with van der Waals surface area (Å²) in [7, 11) is 3.14. The number of nitrogens with one attached hydrogen (secondary N) is 1. The molecule has 1 heterocycles. The molecule has 0 amide bonds. The first kappa shape index (κ1) is 12.9. The molecule has 0 radical (unpaired) electrons. The zero-order chi connectivity index (χ0) is 13.2. The van der Waals surface area contributed by atoms with E-state index in [0.29, 0.717) is 23.6 Å². The number of carbonyl (C=O) groups excluding carboxylic acids is 1. The third-order valence-electron chi connectivity index (χ3n) is 3.57. The molecule has 1 saturated heterocycles. The summed E-state index contributed by atoms with van der Waals surface area (Å²) >= 11 is 0. The van der Waals surface area contributed by atoms with Gasteiger partial charge in [0.15, 0.2) is 5.78 Å². The summed E-state index contributed by atoms with van der Waals surface area (Å²) in [6.07, 6.45) is 0.840. The van der Waals surface area contributed by atoms with Crippen LogP contribution in [-0.4, -0.2) is 33.1 Å². The number of hydrogen-bond acceptors (Lipinski definition) is 4. The highest BCUT2D eigenvalue weighted by Gasteiger charge is 2.39. The predicted octanol–water partition coefficient (Wildman–Crippen LogP) is 1.89. The summed E-state index contributed by atoms with van der Waals surface area (Å²) in [6, 6.07) is 5.41. The first-order valence-electron chi connectivity index (χ1n) is 6.09. The summed E-state index contributed by atoms with van der Waals surface area (Å²) in [5.41, 5.74) is 0.177. The first-order valence-corrected chi connectivity index (χ1v) is 6.09. The van der Waals surface area contributed by atoms with Gasteiger partial charge >= 0.3 is 0 Å². The van der Waals surface area contributed by atoms with Gasteiger partial charge in [-0.3, -0.25) is 4.79 Å². The van der Waals surface area contributed by atoms with Crippen LogP contribution in [0.5, 0.6) is 11.5 Å². The predicted molar refractivity (Wildman–Crippen MR) is 69.5 cm³/mol. The molecule has 0 aromatic heterocycles. The number of hydrogen-bond donors (Lipinski definition) is 1. The Bertz CT molecular complexity index is 428. The van der Waals surface area contributed by atoms with Gasteiger partial charge in [-0.15, -0.1) is 0 Å². The SMILES string of the molecule is COc1cccc(OC)c1C(=O)C1(C)CCNC1. The van der Waals surface area contributed by atoms with Crippen LogP contribution in [-0.2, 0) is 0 Å². The van der Waals surface area contributed by atoms with Gasteiger partial charge in [0.05, 0.1) is 14.2 Å². The molecule has 1 atom stereocenters. The van der Waals surface area contributed by atoms with E-state index in [1.807, 2.05) is 13.0 Å². The first-order chi connectivity index (χ1) is 8.62. The molecule has 1 fully saturated rings. The van der Waals surface area contributed by atoms with E-state index in [1.54, 1.807) is 26.4 Å². The normalized spacial score (nSPS) is 22.8. The molecule has 98 valence electrons. The van der Waals surface area contributed by atoms with Gasteiger partial charge in [0, 0.05) is 12.0 Å². The molecule has 0 saturated carbocycles. The highest BCUT2D eigenvalue weighted by atomic mass is 16.5. The molecule has 0 bridgehead atoms. The second-order valence-corrected chi connectivity index (χ2v) is 4.85. The zero-order valence-corrected chi connectivity index (χ0v) is 11.1. The quantitative estimate of drug-likeness (QED) is 0.828. The van der Waals surface area contributed by atoms with Crippen molar-refractivity contribution in [3.8, 4) is 11.5 Å². The van der Waals surface area contributed by atoms with E-state index in [-0.39, 0.29) is 11.2 Å². The Morgan fingerprint density at radius 2 is 1.89 bits per heavy atom. The van der Waals surface area contributed by atoms with Crippen molar-refractivity contribution in [2.24, 2.45) is 5.41 Å². The smallest absolute Gasteiger partial charge is 0.177 e. The number of carbonyl (C=O) groups is 1. The second-order valence-electron chi connectivity index (χ2n) is 4.85. The fourth-order valence-corrected chi connectivity index (χ4v) is 2.39. The van der Waals surface area contributed by atoms with E-state index in [2.05, 4.69) is 5.32 Å². The van der Waals surface area contributed by atoms with Gasteiger partial charge in [0.25, 0.3) is 0 Å². The van der Waals surface area contributed by atoms with Crippen LogP contribution in [0.25, 0.3) is 0 Å². The topological polar surface area (TPSA) is 47.6 Å². The molecule has 1 unspecified atom stereocenters. The summed E-state index contributed by atoms with van der Waals surface area (Å²) in [4.78, 5) is 12.7. The molecule has 2 rings (SSSR count). The van der Waals surface area contributed by atoms with Crippen LogP contribution in [0.15, 0.2) is 18.2 Å². The van der Waals surface area contributed by atoms with E-state index >= 15 is 0 Å². The van der Waals surface area contributed by atoms with Gasteiger partial charge in [-0.2, -0.15) is 0 Å². The van der Waals surface area contributed by atoms with Crippen molar-refractivity contribution in [3.05, 3.63) is 23.8 Å². The standard InChI is InChI=1S/C14H19NO3/c1-14(7-8-15-9-14)13(16)12-10(17-2)5-4-6-11(12)18-3/h4-6,15H,7-9H2,1-3H3. The van der Waals surface area contributed by atoms with Crippen molar-refractivity contribution in [2.45, 2.75) is 13.3 Å². The highest BCUT2D eigenvalue weighted by Crippen LogP contribution is 2.37. The van der Waals surface area contributed by atoms with E-state index < -0.39 is 0 Å². The van der Waals surface area contributed by atoms with E-state index in [1.165, 1.54) is 0 Å². The summed E-state index contributed by atoms with van der Waals surface area (Å²) in [6.45, 7) is 3.56. The van der Waals surface area contributed by atoms with Gasteiger partial charge in [0.2, 0.25) is 0 Å². The summed E-state index contributed by atoms with van der Waals surface area (Å²) in [5, 5.41) is 3.24. The van der Waals surface area contributed by atoms with Crippen molar-refractivity contribution in [1.82, 2.24) is 5.32 Å². The van der Waals surface area contributed by atoms with Crippen molar-refractivity contribution in [3.63, 3.8) is 0 Å². The number of benzene rings is 1. The minimum absolute atomic E-state index is 0.0850. The second kappa shape index (κ2) is 4.98. The zero-order valence-electron chi connectivity index (χ0n) is 11.1. The third kappa shape index (κ3) is 2.08. The lowest BCUT2D eigenvalue weighted by molar-refractivity contribution is 0.0832. The highest BCUT2D eigenvalue weighted by molar-refractivity contribution is 6.05. The Morgan fingerprint density at radius 3 is 2.33 bits per heavy atom. The third-order valence-corrected chi connectivity index (χ3v) is 3.57. The van der Waals surface area contributed by atoms with Gasteiger partial charge in [-0.1, -0.05) is 13.0 Å². The lowest BCUT2D eigenvalue weighted by Crippen LogP contribution is -2.30. The van der Waals surface area contributed by atoms with E-state index in [9.17, 15) is 4.79 Å². The van der Waals surface area contributed by atoms with E-state index in [4.69, 9.17) is 9.47 Å². The molecule has 0 spiro atoms. The maximum Gasteiger partial charge on any atom is 0.177 e. The van der Waals surface area contributed by atoms with Crippen LogP contribution >= 0.6 is 0 Å². The Kier molecular flexibility index (Phi) is 3.57. The van der Waals surface area contributed by atoms with Gasteiger partial charge in [-0.05, 0) is 25.1 Å². The molecule has 4 nitrogen and oxygen atoms in total. The van der Waals surface area contributed by atoms with Crippen molar-refractivity contribution in [1.29, 1.82) is 0 Å². The average Bonchev–Trinajstić information content (AvgIpc) is 2.85. The monoisotopic (exact) mass is 249 g/mol. The number of Topliss-reactive ketones (excluding diaryl/α,β-unsaturated/α-hetero) is 1. The molecule has 18 heavy (non-hydrogen) atoms. The minimum atomic E-state index is -0.373. The van der Waals surface area contributed by atoms with Crippen LogP contribution in [0.4, 0.5) is 0 Å². The number of methoxy groups -OCH3 is 2. The van der Waals surface area contributed by atoms with Crippen molar-refractivity contribution >= 4 is 5.78 Å². The van der Waals surface area contributed by atoms with Crippen LogP contribution in [0, 0.1) is 5.41 Å². The average molecular weight is 249 g/mol. The van der Waals surface area contributed by atoms with Gasteiger partial charge < -0.3 is 14.8 Å². The summed E-state index contributed by atoms with van der Waals surface area (Å²) in [5.74, 6) is 1.24. The lowest BCUT2D eigenvalue weighted by atomic mass is 9.81. The Hall–Kier alpha value is -1.55. The van der Waals surface area contributed by atoms with Gasteiger partial charge in [-0.25, -0.2) is 0 Å². The maximum absolute atomic E-state index is 12.7. The largest absolute Gasteiger partial charge is 0.496 e. The van der Waals surface area contributed by atoms with Crippen molar-refractivity contribution in [2.75, 3.05) is 27.3 Å². The number of ketones is 1. The van der Waals surface area contributed by atoms with Crippen molar-refractivity contribution < 1.29 is 14.3 Å². The Balaban J connectivity index is 2.46. The van der Waals surface area contributed by atoms with E-state index in [0.717, 1.165) is 13.0 Å². The van der Waals surface area contributed by atoms with Crippen LogP contribution in [0.3, 0.4) is 0 Å². The molecule has 1 aliphatic heterocycles. The number of rotatable bonds is 4. The molecule has 4 heteroatoms. The molecule has 1 aromatic rings. The molecular formula is C14H19NO3. The van der Waals surface area contributed by atoms with Gasteiger partial charge in [0.1, 0.15) is 17.1 Å². The molecule has 1 N–H and O–H groups in total. The lowest BCUT2D eigenvalue weighted by Gasteiger charge is -2.23. The van der Waals surface area contributed by atoms with Crippen LogP contribution < -0.4 is 14.8 Å². The molecule has 1 aromatic carbocycles. The molecular weight excluding hydrogens is 230 g/mol. The minimum Gasteiger partial charge on any atom is -0.496 e. The van der Waals surface area contributed by atoms with Crippen LogP contribution in [0.2, 0.25) is 0 Å². The molecule has 0 aliphatic carbocycles. The maximum atomic E-state index is 12.7. The Morgan fingerprint density at radius 1 is 1.28 bits per heavy atom. The Labute approximate surface area is 107 Å². The van der Waals surface area contributed by atoms with Crippen LogP contribution in [0.1, 0.15) is 23.7 Å². The number of ether oxygens (including phenoxy) is 2. The fraction of sp³-hybridized carbons (Fsp3) is 0.500. The fourth-order valence-electron chi connectivity index (χ4n) is 2.39.